The molecule has 1 heterocycles. The Morgan fingerprint density at radius 3 is 2.88 bits per heavy atom. The van der Waals surface area contributed by atoms with Crippen LogP contribution in [0.5, 0.6) is 0 Å². The second-order valence-electron chi connectivity index (χ2n) is 7.13. The molecule has 132 valence electrons. The number of likely N-dealkylation sites (tertiary alicyclic amines) is 1. The molecule has 24 heavy (non-hydrogen) atoms. The van der Waals surface area contributed by atoms with Gasteiger partial charge in [-0.3, -0.25) is 9.69 Å². The smallest absolute Gasteiger partial charge is 0.248 e. The summed E-state index contributed by atoms with van der Waals surface area (Å²) in [6.07, 6.45) is 5.71. The first kappa shape index (κ1) is 17.4. The number of carbonyl (C=O) groups excluding carboxylic acids is 1. The second kappa shape index (κ2) is 8.13. The summed E-state index contributed by atoms with van der Waals surface area (Å²) in [7, 11) is 1.91. The van der Waals surface area contributed by atoms with Crippen LogP contribution in [0.3, 0.4) is 0 Å². The maximum Gasteiger partial charge on any atom is 0.248 e. The minimum absolute atomic E-state index is 0.0856. The monoisotopic (exact) mass is 330 g/mol. The highest BCUT2D eigenvalue weighted by Crippen LogP contribution is 2.36. The Bertz CT molecular complexity index is 567. The fraction of sp³-hybridized carbons (Fsp3) is 0.650. The molecule has 0 N–H and O–H groups in total. The molecular weight excluding hydrogens is 300 g/mol. The lowest BCUT2D eigenvalue weighted by Crippen LogP contribution is -2.33. The van der Waals surface area contributed by atoms with Gasteiger partial charge in [-0.2, -0.15) is 0 Å². The Morgan fingerprint density at radius 2 is 2.12 bits per heavy atom. The number of ether oxygens (including phenoxy) is 1. The highest BCUT2D eigenvalue weighted by Gasteiger charge is 2.28. The maximum atomic E-state index is 12.3. The van der Waals surface area contributed by atoms with Gasteiger partial charge in [-0.15, -0.1) is 0 Å². The number of rotatable bonds is 7. The van der Waals surface area contributed by atoms with Crippen molar-refractivity contribution in [3.8, 4) is 0 Å². The molecule has 0 aromatic heterocycles. The predicted octanol–water partition coefficient (Wildman–Crippen LogP) is 3.15. The van der Waals surface area contributed by atoms with E-state index in [2.05, 4.69) is 30.0 Å². The fourth-order valence-electron chi connectivity index (χ4n) is 3.93. The largest absolute Gasteiger partial charge is 0.372 e. The van der Waals surface area contributed by atoms with E-state index in [1.807, 2.05) is 11.9 Å². The molecule has 1 fully saturated rings. The van der Waals surface area contributed by atoms with Crippen molar-refractivity contribution in [1.82, 2.24) is 9.80 Å². The van der Waals surface area contributed by atoms with Gasteiger partial charge in [-0.1, -0.05) is 25.1 Å². The summed E-state index contributed by atoms with van der Waals surface area (Å²) in [5, 5.41) is 0. The van der Waals surface area contributed by atoms with Gasteiger partial charge in [-0.05, 0) is 61.9 Å². The van der Waals surface area contributed by atoms with Crippen molar-refractivity contribution in [2.24, 2.45) is 0 Å². The molecule has 2 aliphatic rings. The average Bonchev–Trinajstić information content (AvgIpc) is 3.23. The zero-order chi connectivity index (χ0) is 16.9. The van der Waals surface area contributed by atoms with Crippen LogP contribution in [0, 0.1) is 0 Å². The summed E-state index contributed by atoms with van der Waals surface area (Å²) < 4.78 is 5.41. The highest BCUT2D eigenvalue weighted by molar-refractivity contribution is 5.77. The van der Waals surface area contributed by atoms with Crippen molar-refractivity contribution in [3.63, 3.8) is 0 Å². The maximum absolute atomic E-state index is 12.3. The van der Waals surface area contributed by atoms with Crippen LogP contribution >= 0.6 is 0 Å². The van der Waals surface area contributed by atoms with Crippen LogP contribution in [0.25, 0.3) is 0 Å². The van der Waals surface area contributed by atoms with Crippen LogP contribution < -0.4 is 0 Å². The zero-order valence-electron chi connectivity index (χ0n) is 15.1. The van der Waals surface area contributed by atoms with Gasteiger partial charge in [-0.25, -0.2) is 0 Å². The minimum Gasteiger partial charge on any atom is -0.372 e. The number of carbonyl (C=O) groups is 1. The van der Waals surface area contributed by atoms with E-state index in [0.717, 1.165) is 25.8 Å². The number of aryl methyl sites for hydroxylation is 1. The van der Waals surface area contributed by atoms with Gasteiger partial charge in [0.05, 0.1) is 6.04 Å². The van der Waals surface area contributed by atoms with Gasteiger partial charge in [0.25, 0.3) is 0 Å². The highest BCUT2D eigenvalue weighted by atomic mass is 16.5. The molecule has 0 saturated carbocycles. The van der Waals surface area contributed by atoms with Gasteiger partial charge in [0.15, 0.2) is 0 Å². The molecule has 1 aliphatic heterocycles. The van der Waals surface area contributed by atoms with Crippen molar-refractivity contribution in [2.45, 2.75) is 51.6 Å². The Balaban J connectivity index is 1.62. The van der Waals surface area contributed by atoms with Crippen LogP contribution in [0.2, 0.25) is 0 Å². The Kier molecular flexibility index (Phi) is 5.90. The number of likely N-dealkylation sites (N-methyl/N-ethyl adjacent to an activating group) is 1. The van der Waals surface area contributed by atoms with Crippen LogP contribution in [-0.2, 0) is 22.5 Å². The number of benzene rings is 1. The number of nitrogens with zero attached hydrogens (tertiary/aromatic N) is 2. The third-order valence-electron chi connectivity index (χ3n) is 5.29. The SMILES string of the molecule is CCCOCC(=O)N(C)C1CCc2cc(CN3CCCC3)ccc21. The van der Waals surface area contributed by atoms with Crippen molar-refractivity contribution in [2.75, 3.05) is 33.4 Å². The first-order valence-electron chi connectivity index (χ1n) is 9.36. The summed E-state index contributed by atoms with van der Waals surface area (Å²) in [6.45, 7) is 6.44. The molecule has 1 saturated heterocycles. The summed E-state index contributed by atoms with van der Waals surface area (Å²) in [6, 6.07) is 7.06. The lowest BCUT2D eigenvalue weighted by molar-refractivity contribution is -0.137. The van der Waals surface area contributed by atoms with Crippen LogP contribution in [-0.4, -0.2) is 49.1 Å². The van der Waals surface area contributed by atoms with E-state index in [9.17, 15) is 4.79 Å². The molecule has 0 spiro atoms. The quantitative estimate of drug-likeness (QED) is 0.720. The van der Waals surface area contributed by atoms with Gasteiger partial charge >= 0.3 is 0 Å². The molecule has 1 aromatic carbocycles. The average molecular weight is 330 g/mol. The lowest BCUT2D eigenvalue weighted by atomic mass is 10.0. The molecule has 1 atom stereocenters. The first-order valence-corrected chi connectivity index (χ1v) is 9.36. The minimum atomic E-state index is 0.0856. The molecular formula is C20H30N2O2. The van der Waals surface area contributed by atoms with Crippen molar-refractivity contribution >= 4 is 5.91 Å². The molecule has 1 unspecified atom stereocenters. The normalized spacial score (nSPS) is 20.3. The molecule has 4 heteroatoms. The van der Waals surface area contributed by atoms with Gasteiger partial charge in [0.1, 0.15) is 6.61 Å². The lowest BCUT2D eigenvalue weighted by Gasteiger charge is -2.25. The van der Waals surface area contributed by atoms with Crippen molar-refractivity contribution < 1.29 is 9.53 Å². The third-order valence-corrected chi connectivity index (χ3v) is 5.29. The summed E-state index contributed by atoms with van der Waals surface area (Å²) in [4.78, 5) is 16.7. The first-order chi connectivity index (χ1) is 11.7. The van der Waals surface area contributed by atoms with E-state index in [4.69, 9.17) is 4.74 Å². The van der Waals surface area contributed by atoms with E-state index in [-0.39, 0.29) is 18.6 Å². The summed E-state index contributed by atoms with van der Waals surface area (Å²) in [5.74, 6) is 0.0856. The standard InChI is InChI=1S/C20H30N2O2/c1-3-12-24-15-20(23)21(2)19-9-7-17-13-16(6-8-18(17)19)14-22-10-4-5-11-22/h6,8,13,19H,3-5,7,9-12,14-15H2,1-2H3. The van der Waals surface area contributed by atoms with E-state index in [1.165, 1.54) is 42.6 Å². The second-order valence-corrected chi connectivity index (χ2v) is 7.13. The molecule has 1 aromatic rings. The molecule has 3 rings (SSSR count). The zero-order valence-corrected chi connectivity index (χ0v) is 15.1. The number of hydrogen-bond acceptors (Lipinski definition) is 3. The summed E-state index contributed by atoms with van der Waals surface area (Å²) >= 11 is 0. The van der Waals surface area contributed by atoms with E-state index in [0.29, 0.717) is 6.61 Å². The van der Waals surface area contributed by atoms with Crippen molar-refractivity contribution in [1.29, 1.82) is 0 Å². The van der Waals surface area contributed by atoms with Gasteiger partial charge < -0.3 is 9.64 Å². The Labute approximate surface area is 145 Å². The van der Waals surface area contributed by atoms with Gasteiger partial charge in [0, 0.05) is 20.2 Å². The molecule has 1 amide bonds. The third kappa shape index (κ3) is 3.98. The number of fused-ring (bicyclic) bond motifs is 1. The molecule has 0 bridgehead atoms. The summed E-state index contributed by atoms with van der Waals surface area (Å²) in [5.41, 5.74) is 4.16. The number of hydrogen-bond donors (Lipinski definition) is 0. The van der Waals surface area contributed by atoms with Crippen LogP contribution in [0.1, 0.15) is 55.3 Å². The fourth-order valence-corrected chi connectivity index (χ4v) is 3.93. The number of amides is 1. The van der Waals surface area contributed by atoms with Crippen LogP contribution in [0.4, 0.5) is 0 Å². The van der Waals surface area contributed by atoms with Gasteiger partial charge in [0.2, 0.25) is 5.91 Å². The molecule has 0 radical (unpaired) electrons. The predicted molar refractivity (Wildman–Crippen MR) is 95.9 cm³/mol. The topological polar surface area (TPSA) is 32.8 Å². The Hall–Kier alpha value is -1.39. The van der Waals surface area contributed by atoms with E-state index < -0.39 is 0 Å². The Morgan fingerprint density at radius 1 is 1.33 bits per heavy atom. The molecule has 4 nitrogen and oxygen atoms in total. The molecule has 1 aliphatic carbocycles. The van der Waals surface area contributed by atoms with E-state index >= 15 is 0 Å². The van der Waals surface area contributed by atoms with E-state index in [1.54, 1.807) is 0 Å². The van der Waals surface area contributed by atoms with Crippen LogP contribution in [0.15, 0.2) is 18.2 Å². The van der Waals surface area contributed by atoms with Crippen molar-refractivity contribution in [3.05, 3.63) is 34.9 Å².